The number of hydrogen-bond donors (Lipinski definition) is 3. The molecule has 2 aliphatic rings. The number of carbonyl (C=O) groups is 2. The van der Waals surface area contributed by atoms with Crippen LogP contribution in [0.2, 0.25) is 0 Å². The highest BCUT2D eigenvalue weighted by Crippen LogP contribution is 2.39. The van der Waals surface area contributed by atoms with Gasteiger partial charge in [0.15, 0.2) is 11.6 Å². The molecule has 4 heterocycles. The normalized spacial score (nSPS) is 15.9. The lowest BCUT2D eigenvalue weighted by molar-refractivity contribution is 0.0940. The highest BCUT2D eigenvalue weighted by molar-refractivity contribution is 7.22. The third kappa shape index (κ3) is 6.84. The molecule has 1 aliphatic carbocycles. The van der Waals surface area contributed by atoms with Crippen LogP contribution >= 0.6 is 11.3 Å². The SMILES string of the molecule is CN1CCN(CCNC(=O)c2ccc(-c3cc4nccc(Oc5ccc(NC(=O)NC6CC6)cc5F)c4s3)nc2)CC1. The summed E-state index contributed by atoms with van der Waals surface area (Å²) in [5, 5.41) is 8.43. The number of carbonyl (C=O) groups excluding carboxylic acids is 2. The standard InChI is InChI=1S/C30H32FN7O3S/c1-37-12-14-38(15-13-37)11-10-33-29(39)19-2-6-23(34-18-19)27-17-24-28(42-27)26(8-9-32-24)41-25-7-5-21(16-22(25)31)36-30(40)35-20-3-4-20/h2,5-9,16-18,20H,3-4,10-15H2,1H3,(H,33,39)(H2,35,36,40). The average Bonchev–Trinajstić information content (AvgIpc) is 3.69. The number of urea groups is 1. The van der Waals surface area contributed by atoms with E-state index in [0.717, 1.165) is 55.1 Å². The molecule has 1 saturated heterocycles. The van der Waals surface area contributed by atoms with E-state index in [1.165, 1.54) is 23.5 Å². The van der Waals surface area contributed by atoms with Gasteiger partial charge in [0.05, 0.1) is 26.4 Å². The van der Waals surface area contributed by atoms with Crippen LogP contribution in [-0.4, -0.2) is 84.1 Å². The molecule has 1 saturated carbocycles. The molecule has 218 valence electrons. The number of benzene rings is 1. The first-order valence-corrected chi connectivity index (χ1v) is 14.8. The second kappa shape index (κ2) is 12.4. The Morgan fingerprint density at radius 2 is 1.88 bits per heavy atom. The number of thiophene rings is 1. The third-order valence-electron chi connectivity index (χ3n) is 7.29. The van der Waals surface area contributed by atoms with Gasteiger partial charge in [0, 0.05) is 75.5 Å². The van der Waals surface area contributed by atoms with Gasteiger partial charge in [-0.15, -0.1) is 11.3 Å². The Bertz CT molecular complexity index is 1580. The summed E-state index contributed by atoms with van der Waals surface area (Å²) in [5.41, 5.74) is 2.23. The summed E-state index contributed by atoms with van der Waals surface area (Å²) < 4.78 is 21.5. The second-order valence-electron chi connectivity index (χ2n) is 10.6. The first-order valence-electron chi connectivity index (χ1n) is 14.0. The summed E-state index contributed by atoms with van der Waals surface area (Å²) in [6, 6.07) is 11.3. The maximum atomic E-state index is 14.9. The Morgan fingerprint density at radius 3 is 2.62 bits per heavy atom. The molecule has 0 radical (unpaired) electrons. The summed E-state index contributed by atoms with van der Waals surface area (Å²) in [6.45, 7) is 5.53. The maximum absolute atomic E-state index is 14.9. The van der Waals surface area contributed by atoms with Crippen LogP contribution in [0, 0.1) is 5.82 Å². The molecule has 0 unspecified atom stereocenters. The molecule has 42 heavy (non-hydrogen) atoms. The Kier molecular flexibility index (Phi) is 8.27. The summed E-state index contributed by atoms with van der Waals surface area (Å²) in [4.78, 5) is 39.1. The summed E-state index contributed by atoms with van der Waals surface area (Å²) in [7, 11) is 2.12. The van der Waals surface area contributed by atoms with Crippen molar-refractivity contribution in [1.82, 2.24) is 30.4 Å². The van der Waals surface area contributed by atoms with Gasteiger partial charge < -0.3 is 25.6 Å². The number of ether oxygens (including phenoxy) is 1. The molecule has 4 aromatic rings. The molecule has 3 amide bonds. The minimum atomic E-state index is -0.597. The van der Waals surface area contributed by atoms with Crippen molar-refractivity contribution in [3.63, 3.8) is 0 Å². The van der Waals surface area contributed by atoms with Crippen LogP contribution in [0.3, 0.4) is 0 Å². The van der Waals surface area contributed by atoms with E-state index in [1.807, 2.05) is 12.1 Å². The molecule has 3 N–H and O–H groups in total. The quantitative estimate of drug-likeness (QED) is 0.263. The lowest BCUT2D eigenvalue weighted by atomic mass is 10.2. The molecule has 10 nitrogen and oxygen atoms in total. The number of amides is 3. The fraction of sp³-hybridized carbons (Fsp3) is 0.333. The monoisotopic (exact) mass is 589 g/mol. The fourth-order valence-electron chi connectivity index (χ4n) is 4.66. The van der Waals surface area contributed by atoms with Crippen LogP contribution < -0.4 is 20.7 Å². The highest BCUT2D eigenvalue weighted by Gasteiger charge is 2.23. The first kappa shape index (κ1) is 28.0. The van der Waals surface area contributed by atoms with Gasteiger partial charge in [0.1, 0.15) is 5.75 Å². The number of piperazine rings is 1. The van der Waals surface area contributed by atoms with Gasteiger partial charge >= 0.3 is 6.03 Å². The average molecular weight is 590 g/mol. The number of hydrogen-bond acceptors (Lipinski definition) is 8. The number of nitrogens with zero attached hydrogens (tertiary/aromatic N) is 4. The van der Waals surface area contributed by atoms with Crippen molar-refractivity contribution in [3.8, 4) is 22.1 Å². The molecule has 0 atom stereocenters. The second-order valence-corrected chi connectivity index (χ2v) is 11.6. The Hall–Kier alpha value is -4.13. The summed E-state index contributed by atoms with van der Waals surface area (Å²) in [5.74, 6) is -0.255. The predicted octanol–water partition coefficient (Wildman–Crippen LogP) is 4.55. The van der Waals surface area contributed by atoms with Gasteiger partial charge in [-0.2, -0.15) is 0 Å². The number of nitrogens with one attached hydrogen (secondary N) is 3. The van der Waals surface area contributed by atoms with Crippen molar-refractivity contribution < 1.29 is 18.7 Å². The zero-order valence-corrected chi connectivity index (χ0v) is 24.0. The molecule has 3 aromatic heterocycles. The lowest BCUT2D eigenvalue weighted by Gasteiger charge is -2.32. The molecule has 6 rings (SSSR count). The minimum absolute atomic E-state index is 0.0340. The van der Waals surface area contributed by atoms with Crippen LogP contribution in [0.1, 0.15) is 23.2 Å². The van der Waals surface area contributed by atoms with Gasteiger partial charge in [-0.25, -0.2) is 9.18 Å². The molecule has 12 heteroatoms. The molecule has 0 spiro atoms. The lowest BCUT2D eigenvalue weighted by Crippen LogP contribution is -2.46. The van der Waals surface area contributed by atoms with Crippen LogP contribution in [0.5, 0.6) is 11.5 Å². The number of halogens is 1. The van der Waals surface area contributed by atoms with Gasteiger partial charge in [-0.3, -0.25) is 19.7 Å². The van der Waals surface area contributed by atoms with Gasteiger partial charge in [-0.1, -0.05) is 0 Å². The number of anilines is 1. The van der Waals surface area contributed by atoms with E-state index in [2.05, 4.69) is 42.8 Å². The summed E-state index contributed by atoms with van der Waals surface area (Å²) >= 11 is 1.42. The van der Waals surface area contributed by atoms with Gasteiger partial charge in [0.25, 0.3) is 5.91 Å². The van der Waals surface area contributed by atoms with E-state index in [9.17, 15) is 14.0 Å². The highest BCUT2D eigenvalue weighted by atomic mass is 32.1. The van der Waals surface area contributed by atoms with Crippen molar-refractivity contribution >= 4 is 39.2 Å². The fourth-order valence-corrected chi connectivity index (χ4v) is 5.70. The van der Waals surface area contributed by atoms with E-state index in [-0.39, 0.29) is 23.7 Å². The van der Waals surface area contributed by atoms with Crippen LogP contribution in [0.4, 0.5) is 14.9 Å². The van der Waals surface area contributed by atoms with Crippen molar-refractivity contribution in [3.05, 3.63) is 66.2 Å². The predicted molar refractivity (Wildman–Crippen MR) is 161 cm³/mol. The minimum Gasteiger partial charge on any atom is -0.453 e. The van der Waals surface area contributed by atoms with Crippen LogP contribution in [-0.2, 0) is 0 Å². The van der Waals surface area contributed by atoms with Crippen LogP contribution in [0.15, 0.2) is 54.9 Å². The number of fused-ring (bicyclic) bond motifs is 1. The van der Waals surface area contributed by atoms with E-state index < -0.39 is 5.82 Å². The van der Waals surface area contributed by atoms with Crippen molar-refractivity contribution in [2.24, 2.45) is 0 Å². The molecule has 1 aromatic carbocycles. The Balaban J connectivity index is 1.09. The van der Waals surface area contributed by atoms with E-state index in [4.69, 9.17) is 4.74 Å². The molecule has 2 fully saturated rings. The molecular formula is C30H32FN7O3S. The maximum Gasteiger partial charge on any atom is 0.319 e. The third-order valence-corrected chi connectivity index (χ3v) is 8.45. The number of aromatic nitrogens is 2. The van der Waals surface area contributed by atoms with Crippen LogP contribution in [0.25, 0.3) is 20.8 Å². The zero-order chi connectivity index (χ0) is 29.1. The van der Waals surface area contributed by atoms with E-state index >= 15 is 0 Å². The Morgan fingerprint density at radius 1 is 1.05 bits per heavy atom. The number of rotatable bonds is 9. The smallest absolute Gasteiger partial charge is 0.319 e. The largest absolute Gasteiger partial charge is 0.453 e. The zero-order valence-electron chi connectivity index (χ0n) is 23.2. The van der Waals surface area contributed by atoms with Gasteiger partial charge in [-0.05, 0) is 50.2 Å². The Labute approximate surface area is 246 Å². The van der Waals surface area contributed by atoms with E-state index in [0.29, 0.717) is 34.8 Å². The number of pyridine rings is 2. The summed E-state index contributed by atoms with van der Waals surface area (Å²) in [6.07, 6.45) is 5.12. The van der Waals surface area contributed by atoms with Crippen molar-refractivity contribution in [2.45, 2.75) is 18.9 Å². The topological polar surface area (TPSA) is 112 Å². The number of likely N-dealkylation sites (N-methyl/N-ethyl adjacent to an activating group) is 1. The van der Waals surface area contributed by atoms with E-state index in [1.54, 1.807) is 30.6 Å². The molecule has 1 aliphatic heterocycles. The van der Waals surface area contributed by atoms with Crippen molar-refractivity contribution in [2.75, 3.05) is 51.6 Å². The first-order chi connectivity index (χ1) is 20.4. The molecule has 0 bridgehead atoms. The molecular weight excluding hydrogens is 557 g/mol. The van der Waals surface area contributed by atoms with Crippen molar-refractivity contribution in [1.29, 1.82) is 0 Å². The van der Waals surface area contributed by atoms with Gasteiger partial charge in [0.2, 0.25) is 0 Å².